The molecule has 2 nitrogen and oxygen atoms in total. The van der Waals surface area contributed by atoms with Crippen molar-refractivity contribution in [3.63, 3.8) is 0 Å². The Balaban J connectivity index is 2.79. The maximum absolute atomic E-state index is 10.6. The summed E-state index contributed by atoms with van der Waals surface area (Å²) in [6, 6.07) is 9.11. The lowest BCUT2D eigenvalue weighted by Crippen LogP contribution is -2.18. The van der Waals surface area contributed by atoms with Gasteiger partial charge in [0, 0.05) is 0 Å². The highest BCUT2D eigenvalue weighted by atomic mass is 79.9. The molecule has 0 fully saturated rings. The molecule has 0 aliphatic rings. The van der Waals surface area contributed by atoms with Crippen molar-refractivity contribution in [3.8, 4) is 0 Å². The Hall–Kier alpha value is -0.540. The fraction of sp³-hybridized carbons (Fsp3) is 0.222. The van der Waals surface area contributed by atoms with Crippen molar-refractivity contribution in [2.45, 2.75) is 10.2 Å². The van der Waals surface area contributed by atoms with E-state index in [1.807, 2.05) is 18.2 Å². The molecule has 13 heavy (non-hydrogen) atoms. The summed E-state index contributed by atoms with van der Waals surface area (Å²) in [5.74, 6) is -0.955. The lowest BCUT2D eigenvalue weighted by atomic mass is 10.1. The Kier molecular flexibility index (Phi) is 3.75. The third-order valence-electron chi connectivity index (χ3n) is 1.61. The van der Waals surface area contributed by atoms with Gasteiger partial charge < -0.3 is 5.11 Å². The molecule has 1 rings (SSSR count). The number of alkyl halides is 2. The van der Waals surface area contributed by atoms with E-state index in [0.29, 0.717) is 0 Å². The second-order valence-corrected chi connectivity index (χ2v) is 4.01. The molecule has 0 amide bonds. The molecule has 0 spiro atoms. The van der Waals surface area contributed by atoms with Gasteiger partial charge in [0.2, 0.25) is 0 Å². The van der Waals surface area contributed by atoms with Crippen LogP contribution in [0, 0.1) is 0 Å². The number of benzene rings is 1. The SMILES string of the molecule is O=C(O)[C@@H](Br)[C@@H](Cl)c1ccccc1. The first-order valence-electron chi connectivity index (χ1n) is 3.69. The lowest BCUT2D eigenvalue weighted by molar-refractivity contribution is -0.136. The summed E-state index contributed by atoms with van der Waals surface area (Å²) in [5, 5.41) is 8.14. The van der Waals surface area contributed by atoms with Crippen molar-refractivity contribution in [2.24, 2.45) is 0 Å². The van der Waals surface area contributed by atoms with Gasteiger partial charge in [-0.15, -0.1) is 11.6 Å². The van der Waals surface area contributed by atoms with Crippen LogP contribution in [0.3, 0.4) is 0 Å². The topological polar surface area (TPSA) is 37.3 Å². The lowest BCUT2D eigenvalue weighted by Gasteiger charge is -2.12. The van der Waals surface area contributed by atoms with Crippen molar-refractivity contribution >= 4 is 33.5 Å². The average Bonchev–Trinajstić information content (AvgIpc) is 2.17. The molecule has 0 unspecified atom stereocenters. The molecule has 4 heteroatoms. The van der Waals surface area contributed by atoms with E-state index in [0.717, 1.165) is 5.56 Å². The second kappa shape index (κ2) is 4.63. The molecule has 70 valence electrons. The van der Waals surface area contributed by atoms with E-state index in [2.05, 4.69) is 15.9 Å². The molecule has 0 radical (unpaired) electrons. The largest absolute Gasteiger partial charge is 0.480 e. The van der Waals surface area contributed by atoms with Gasteiger partial charge in [-0.05, 0) is 5.56 Å². The molecule has 0 bridgehead atoms. The van der Waals surface area contributed by atoms with Crippen LogP contribution in [0.15, 0.2) is 30.3 Å². The molecule has 1 N–H and O–H groups in total. The van der Waals surface area contributed by atoms with E-state index in [1.165, 1.54) is 0 Å². The number of carboxylic acid groups (broad SMARTS) is 1. The molecule has 1 aromatic rings. The molecule has 0 saturated carbocycles. The van der Waals surface area contributed by atoms with Gasteiger partial charge in [-0.2, -0.15) is 0 Å². The van der Waals surface area contributed by atoms with Crippen molar-refractivity contribution in [1.82, 2.24) is 0 Å². The van der Waals surface area contributed by atoms with Gasteiger partial charge >= 0.3 is 5.97 Å². The summed E-state index contributed by atoms with van der Waals surface area (Å²) in [4.78, 5) is 9.83. The minimum absolute atomic E-state index is 0.543. The Morgan fingerprint density at radius 2 is 1.92 bits per heavy atom. The number of carboxylic acids is 1. The monoisotopic (exact) mass is 262 g/mol. The van der Waals surface area contributed by atoms with Gasteiger partial charge in [-0.1, -0.05) is 46.3 Å². The van der Waals surface area contributed by atoms with Crippen molar-refractivity contribution in [3.05, 3.63) is 35.9 Å². The summed E-state index contributed by atoms with van der Waals surface area (Å²) in [6.45, 7) is 0. The number of aliphatic carboxylic acids is 1. The van der Waals surface area contributed by atoms with Gasteiger partial charge in [0.05, 0.1) is 5.38 Å². The van der Waals surface area contributed by atoms with E-state index in [1.54, 1.807) is 12.1 Å². The van der Waals surface area contributed by atoms with Gasteiger partial charge in [0.1, 0.15) is 4.83 Å². The van der Waals surface area contributed by atoms with Crippen LogP contribution in [-0.2, 0) is 4.79 Å². The van der Waals surface area contributed by atoms with Crippen LogP contribution >= 0.6 is 27.5 Å². The summed E-state index contributed by atoms with van der Waals surface area (Å²) in [5.41, 5.74) is 0.799. The number of hydrogen-bond acceptors (Lipinski definition) is 1. The third-order valence-corrected chi connectivity index (χ3v) is 3.34. The fourth-order valence-corrected chi connectivity index (χ4v) is 1.49. The Morgan fingerprint density at radius 3 is 2.38 bits per heavy atom. The van der Waals surface area contributed by atoms with E-state index in [4.69, 9.17) is 16.7 Å². The summed E-state index contributed by atoms with van der Waals surface area (Å²) >= 11 is 8.94. The van der Waals surface area contributed by atoms with Crippen LogP contribution in [-0.4, -0.2) is 15.9 Å². The molecule has 0 saturated heterocycles. The zero-order valence-electron chi connectivity index (χ0n) is 6.65. The molecule has 0 aromatic heterocycles. The molecule has 0 aliphatic carbocycles. The maximum Gasteiger partial charge on any atom is 0.319 e. The summed E-state index contributed by atoms with van der Waals surface area (Å²) in [6.07, 6.45) is 0. The first-order valence-corrected chi connectivity index (χ1v) is 5.04. The highest BCUT2D eigenvalue weighted by Gasteiger charge is 2.24. The highest BCUT2D eigenvalue weighted by Crippen LogP contribution is 2.28. The van der Waals surface area contributed by atoms with Crippen LogP contribution in [0.4, 0.5) is 0 Å². The number of halogens is 2. The minimum Gasteiger partial charge on any atom is -0.480 e. The van der Waals surface area contributed by atoms with Gasteiger partial charge in [0.25, 0.3) is 0 Å². The number of carbonyl (C=O) groups is 1. The Bertz CT molecular complexity index is 289. The molecule has 0 heterocycles. The minimum atomic E-state index is -0.955. The standard InChI is InChI=1S/C9H8BrClO2/c10-7(9(12)13)8(11)6-4-2-1-3-5-6/h1-5,7-8H,(H,12,13)/t7-,8-/m0/s1. The predicted molar refractivity (Wildman–Crippen MR) is 55.4 cm³/mol. The zero-order valence-corrected chi connectivity index (χ0v) is 8.99. The molecule has 1 aromatic carbocycles. The van der Waals surface area contributed by atoms with Crippen LogP contribution in [0.25, 0.3) is 0 Å². The van der Waals surface area contributed by atoms with Crippen molar-refractivity contribution < 1.29 is 9.90 Å². The molecule has 2 atom stereocenters. The second-order valence-electron chi connectivity index (χ2n) is 2.55. The smallest absolute Gasteiger partial charge is 0.319 e. The molecule has 0 aliphatic heterocycles. The third kappa shape index (κ3) is 2.71. The van der Waals surface area contributed by atoms with E-state index in [9.17, 15) is 4.79 Å². The first kappa shape index (κ1) is 10.5. The first-order chi connectivity index (χ1) is 6.13. The van der Waals surface area contributed by atoms with E-state index < -0.39 is 16.2 Å². The molecular weight excluding hydrogens is 255 g/mol. The Morgan fingerprint density at radius 1 is 1.38 bits per heavy atom. The summed E-state index contributed by atoms with van der Waals surface area (Å²) < 4.78 is 0. The van der Waals surface area contributed by atoms with Gasteiger partial charge in [0.15, 0.2) is 0 Å². The summed E-state index contributed by atoms with van der Waals surface area (Å²) in [7, 11) is 0. The number of rotatable bonds is 3. The maximum atomic E-state index is 10.6. The molecular formula is C9H8BrClO2. The zero-order chi connectivity index (χ0) is 9.84. The van der Waals surface area contributed by atoms with Crippen LogP contribution < -0.4 is 0 Å². The predicted octanol–water partition coefficient (Wildman–Crippen LogP) is 2.81. The van der Waals surface area contributed by atoms with E-state index >= 15 is 0 Å². The Labute approximate surface area is 89.7 Å². The number of hydrogen-bond donors (Lipinski definition) is 1. The van der Waals surface area contributed by atoms with Gasteiger partial charge in [-0.3, -0.25) is 4.79 Å². The van der Waals surface area contributed by atoms with Crippen molar-refractivity contribution in [2.75, 3.05) is 0 Å². The average molecular weight is 264 g/mol. The highest BCUT2D eigenvalue weighted by molar-refractivity contribution is 9.10. The normalized spacial score (nSPS) is 14.9. The van der Waals surface area contributed by atoms with E-state index in [-0.39, 0.29) is 0 Å². The van der Waals surface area contributed by atoms with Crippen LogP contribution in [0.5, 0.6) is 0 Å². The van der Waals surface area contributed by atoms with Crippen molar-refractivity contribution in [1.29, 1.82) is 0 Å². The quantitative estimate of drug-likeness (QED) is 0.852. The van der Waals surface area contributed by atoms with Gasteiger partial charge in [-0.25, -0.2) is 0 Å². The fourth-order valence-electron chi connectivity index (χ4n) is 0.931. The van der Waals surface area contributed by atoms with Crippen LogP contribution in [0.2, 0.25) is 0 Å². The van der Waals surface area contributed by atoms with Crippen LogP contribution in [0.1, 0.15) is 10.9 Å².